The predicted octanol–water partition coefficient (Wildman–Crippen LogP) is 5.79. The second-order valence-corrected chi connectivity index (χ2v) is 9.06. The molecule has 0 spiro atoms. The van der Waals surface area contributed by atoms with Crippen LogP contribution in [0, 0.1) is 12.7 Å². The van der Waals surface area contributed by atoms with Crippen LogP contribution >= 0.6 is 11.3 Å². The topological polar surface area (TPSA) is 110 Å². The first-order valence-electron chi connectivity index (χ1n) is 11.8. The normalized spacial score (nSPS) is 10.9. The number of carbonyl (C=O) groups is 1. The highest BCUT2D eigenvalue weighted by Crippen LogP contribution is 2.37. The molecule has 0 radical (unpaired) electrons. The van der Waals surface area contributed by atoms with E-state index < -0.39 is 5.91 Å². The van der Waals surface area contributed by atoms with Crippen LogP contribution < -0.4 is 24.3 Å². The number of carbonyl (C=O) groups excluding carboxylic acids is 1. The van der Waals surface area contributed by atoms with E-state index in [1.165, 1.54) is 28.2 Å². The molecule has 0 saturated carbocycles. The molecule has 2 aromatic carbocycles. The van der Waals surface area contributed by atoms with Crippen molar-refractivity contribution >= 4 is 34.0 Å². The highest BCUT2D eigenvalue weighted by Gasteiger charge is 2.21. The molecule has 200 valence electrons. The Morgan fingerprint density at radius 2 is 1.87 bits per heavy atom. The van der Waals surface area contributed by atoms with Crippen molar-refractivity contribution in [3.8, 4) is 33.9 Å². The Balaban J connectivity index is 1.37. The number of thiazole rings is 1. The highest BCUT2D eigenvalue weighted by molar-refractivity contribution is 7.11. The zero-order valence-electron chi connectivity index (χ0n) is 21.5. The van der Waals surface area contributed by atoms with E-state index in [0.29, 0.717) is 51.2 Å². The first-order valence-corrected chi connectivity index (χ1v) is 12.7. The van der Waals surface area contributed by atoms with Gasteiger partial charge in [-0.1, -0.05) is 11.3 Å². The smallest absolute Gasteiger partial charge is 0.281 e. The summed E-state index contributed by atoms with van der Waals surface area (Å²) in [6, 6.07) is 9.57. The van der Waals surface area contributed by atoms with Gasteiger partial charge in [0.2, 0.25) is 0 Å². The summed E-state index contributed by atoms with van der Waals surface area (Å²) in [4.78, 5) is 21.9. The number of hydrogen-bond acceptors (Lipinski definition) is 9. The van der Waals surface area contributed by atoms with Gasteiger partial charge in [-0.15, -0.1) is 0 Å². The molecule has 12 heteroatoms. The van der Waals surface area contributed by atoms with Crippen LogP contribution in [0.2, 0.25) is 0 Å². The van der Waals surface area contributed by atoms with E-state index >= 15 is 0 Å². The van der Waals surface area contributed by atoms with Crippen molar-refractivity contribution in [2.24, 2.45) is 0 Å². The van der Waals surface area contributed by atoms with Gasteiger partial charge in [0, 0.05) is 23.0 Å². The summed E-state index contributed by atoms with van der Waals surface area (Å²) in [6.07, 6.45) is 3.21. The molecule has 3 aromatic heterocycles. The van der Waals surface area contributed by atoms with Crippen molar-refractivity contribution in [2.75, 3.05) is 26.1 Å². The summed E-state index contributed by atoms with van der Waals surface area (Å²) in [5, 5.41) is 9.81. The number of hydrogen-bond donors (Lipinski definition) is 1. The summed E-state index contributed by atoms with van der Waals surface area (Å²) in [5.41, 5.74) is 2.01. The molecule has 0 aliphatic carbocycles. The zero-order chi connectivity index (χ0) is 27.5. The van der Waals surface area contributed by atoms with Crippen LogP contribution in [0.3, 0.4) is 0 Å². The fourth-order valence-electron chi connectivity index (χ4n) is 3.94. The number of rotatable bonds is 9. The van der Waals surface area contributed by atoms with Crippen LogP contribution in [0.15, 0.2) is 54.2 Å². The number of methoxy groups -OCH3 is 2. The maximum atomic E-state index is 13.6. The Labute approximate surface area is 226 Å². The van der Waals surface area contributed by atoms with Crippen molar-refractivity contribution in [2.45, 2.75) is 13.8 Å². The molecular formula is C27H24FN5O5S. The summed E-state index contributed by atoms with van der Waals surface area (Å²) in [5.74, 6) is 1.31. The number of fused-ring (bicyclic) bond motifs is 1. The second kappa shape index (κ2) is 11.0. The molecular weight excluding hydrogens is 525 g/mol. The summed E-state index contributed by atoms with van der Waals surface area (Å²) in [7, 11) is 3.11. The molecule has 0 aliphatic heterocycles. The summed E-state index contributed by atoms with van der Waals surface area (Å²) >= 11 is 1.21. The van der Waals surface area contributed by atoms with Crippen molar-refractivity contribution < 1.29 is 28.1 Å². The van der Waals surface area contributed by atoms with Crippen molar-refractivity contribution in [3.05, 3.63) is 71.2 Å². The molecule has 0 aliphatic rings. The predicted molar refractivity (Wildman–Crippen MR) is 144 cm³/mol. The third-order valence-corrected chi connectivity index (χ3v) is 6.45. The molecule has 5 rings (SSSR count). The van der Waals surface area contributed by atoms with Gasteiger partial charge in [-0.25, -0.2) is 9.07 Å². The molecule has 1 N–H and O–H groups in total. The van der Waals surface area contributed by atoms with Crippen LogP contribution in [0.1, 0.15) is 23.0 Å². The number of halogens is 1. The first-order chi connectivity index (χ1) is 18.9. The number of amides is 1. The van der Waals surface area contributed by atoms with E-state index in [1.54, 1.807) is 70.1 Å². The minimum absolute atomic E-state index is 0.0669. The van der Waals surface area contributed by atoms with Crippen molar-refractivity contribution in [1.29, 1.82) is 0 Å². The molecule has 0 fully saturated rings. The lowest BCUT2D eigenvalue weighted by molar-refractivity contribution is 0.101. The van der Waals surface area contributed by atoms with Crippen LogP contribution in [-0.4, -0.2) is 46.5 Å². The lowest BCUT2D eigenvalue weighted by atomic mass is 10.2. The van der Waals surface area contributed by atoms with Crippen LogP contribution in [-0.2, 0) is 0 Å². The molecule has 1 amide bonds. The fraction of sp³-hybridized carbons (Fsp3) is 0.185. The third kappa shape index (κ3) is 5.32. The molecule has 0 unspecified atom stereocenters. The van der Waals surface area contributed by atoms with E-state index in [9.17, 15) is 9.18 Å². The number of nitrogens with one attached hydrogen (secondary N) is 1. The monoisotopic (exact) mass is 549 g/mol. The molecule has 3 heterocycles. The maximum Gasteiger partial charge on any atom is 0.281 e. The minimum atomic E-state index is -0.514. The molecule has 0 bridgehead atoms. The van der Waals surface area contributed by atoms with E-state index in [-0.39, 0.29) is 23.1 Å². The molecule has 10 nitrogen and oxygen atoms in total. The second-order valence-electron chi connectivity index (χ2n) is 8.24. The van der Waals surface area contributed by atoms with Gasteiger partial charge in [0.05, 0.1) is 38.2 Å². The maximum absolute atomic E-state index is 13.6. The highest BCUT2D eigenvalue weighted by atomic mass is 32.1. The van der Waals surface area contributed by atoms with E-state index in [1.807, 2.05) is 0 Å². The van der Waals surface area contributed by atoms with Crippen LogP contribution in [0.4, 0.5) is 10.2 Å². The average molecular weight is 550 g/mol. The van der Waals surface area contributed by atoms with Gasteiger partial charge in [0.25, 0.3) is 11.1 Å². The van der Waals surface area contributed by atoms with Gasteiger partial charge >= 0.3 is 0 Å². The molecule has 0 atom stereocenters. The standard InChI is InChI=1S/C27H24FN5O5S/c1-5-37-23-13-33(19-7-6-16(28)10-15(19)2)32-25(23)26(34)30-24-14-39-27(31-24)38-20-8-9-29-18-12-22(36-4)21(35-3)11-17(18)20/h6-14H,5H2,1-4H3,(H,30,34). The van der Waals surface area contributed by atoms with E-state index in [2.05, 4.69) is 20.4 Å². The number of aromatic nitrogens is 4. The number of aryl methyl sites for hydroxylation is 1. The van der Waals surface area contributed by atoms with Gasteiger partial charge in [-0.3, -0.25) is 9.78 Å². The number of ether oxygens (including phenoxy) is 4. The molecule has 0 saturated heterocycles. The summed E-state index contributed by atoms with van der Waals surface area (Å²) < 4.78 is 37.5. The number of pyridine rings is 1. The largest absolute Gasteiger partial charge is 0.493 e. The SMILES string of the molecule is CCOc1cn(-c2ccc(F)cc2C)nc1C(=O)Nc1csc(Oc2ccnc3cc(OC)c(OC)cc23)n1. The van der Waals surface area contributed by atoms with Crippen LogP contribution in [0.25, 0.3) is 16.6 Å². The first kappa shape index (κ1) is 25.9. The van der Waals surface area contributed by atoms with Gasteiger partial charge in [-0.05, 0) is 49.7 Å². The third-order valence-electron chi connectivity index (χ3n) is 5.73. The number of anilines is 1. The Bertz CT molecular complexity index is 1670. The van der Waals surface area contributed by atoms with Crippen LogP contribution in [0.5, 0.6) is 28.2 Å². The quantitative estimate of drug-likeness (QED) is 0.246. The number of benzene rings is 2. The molecule has 39 heavy (non-hydrogen) atoms. The molecule has 5 aromatic rings. The van der Waals surface area contributed by atoms with Gasteiger partial charge in [0.15, 0.2) is 22.9 Å². The van der Waals surface area contributed by atoms with Gasteiger partial charge < -0.3 is 24.3 Å². The number of nitrogens with zero attached hydrogens (tertiary/aromatic N) is 4. The Morgan fingerprint density at radius 1 is 1.08 bits per heavy atom. The Kier molecular flexibility index (Phi) is 7.28. The van der Waals surface area contributed by atoms with E-state index in [0.717, 1.165) is 0 Å². The summed E-state index contributed by atoms with van der Waals surface area (Å²) in [6.45, 7) is 3.90. The van der Waals surface area contributed by atoms with E-state index in [4.69, 9.17) is 18.9 Å². The zero-order valence-corrected chi connectivity index (χ0v) is 22.3. The Morgan fingerprint density at radius 3 is 2.62 bits per heavy atom. The Hall–Kier alpha value is -4.71. The van der Waals surface area contributed by atoms with Gasteiger partial charge in [0.1, 0.15) is 17.4 Å². The lowest BCUT2D eigenvalue weighted by Gasteiger charge is -2.11. The van der Waals surface area contributed by atoms with Crippen molar-refractivity contribution in [1.82, 2.24) is 19.7 Å². The minimum Gasteiger partial charge on any atom is -0.493 e. The van der Waals surface area contributed by atoms with Crippen molar-refractivity contribution in [3.63, 3.8) is 0 Å². The van der Waals surface area contributed by atoms with Gasteiger partial charge in [-0.2, -0.15) is 10.1 Å². The average Bonchev–Trinajstić information content (AvgIpc) is 3.55. The fourth-order valence-corrected chi connectivity index (χ4v) is 4.56. The lowest BCUT2D eigenvalue weighted by Crippen LogP contribution is -2.14.